The van der Waals surface area contributed by atoms with E-state index in [1.54, 1.807) is 24.3 Å². The van der Waals surface area contributed by atoms with Gasteiger partial charge in [-0.3, -0.25) is 4.79 Å². The van der Waals surface area contributed by atoms with Gasteiger partial charge in [0.2, 0.25) is 0 Å². The minimum atomic E-state index is -0.811. The number of ether oxygens (including phenoxy) is 2. The molecule has 0 aliphatic heterocycles. The third-order valence-corrected chi connectivity index (χ3v) is 4.04. The van der Waals surface area contributed by atoms with Crippen molar-refractivity contribution in [3.63, 3.8) is 0 Å². The van der Waals surface area contributed by atoms with E-state index in [1.807, 2.05) is 0 Å². The SMILES string of the molecule is COC(=O)c1ccc(CNC(=O)COC(=O)c2cc(Cl)cc(Cl)c2N)cc1. The zero-order chi connectivity index (χ0) is 20.0. The Labute approximate surface area is 165 Å². The molecular formula is C18H16Cl2N2O5. The van der Waals surface area contributed by atoms with Gasteiger partial charge < -0.3 is 20.5 Å². The van der Waals surface area contributed by atoms with Gasteiger partial charge in [-0.1, -0.05) is 35.3 Å². The summed E-state index contributed by atoms with van der Waals surface area (Å²) >= 11 is 11.7. The number of nitrogen functional groups attached to an aromatic ring is 1. The molecule has 9 heteroatoms. The van der Waals surface area contributed by atoms with Crippen LogP contribution in [-0.4, -0.2) is 31.6 Å². The zero-order valence-corrected chi connectivity index (χ0v) is 15.8. The lowest BCUT2D eigenvalue weighted by Gasteiger charge is -2.09. The molecule has 0 unspecified atom stereocenters. The van der Waals surface area contributed by atoms with Crippen molar-refractivity contribution in [3.8, 4) is 0 Å². The van der Waals surface area contributed by atoms with Gasteiger partial charge in [-0.2, -0.15) is 0 Å². The molecule has 0 aliphatic carbocycles. The monoisotopic (exact) mass is 410 g/mol. The highest BCUT2D eigenvalue weighted by molar-refractivity contribution is 6.37. The predicted molar refractivity (Wildman–Crippen MR) is 101 cm³/mol. The van der Waals surface area contributed by atoms with Gasteiger partial charge in [0.1, 0.15) is 0 Å². The van der Waals surface area contributed by atoms with Gasteiger partial charge in [0.15, 0.2) is 6.61 Å². The van der Waals surface area contributed by atoms with Crippen molar-refractivity contribution in [1.29, 1.82) is 0 Å². The summed E-state index contributed by atoms with van der Waals surface area (Å²) in [6, 6.07) is 9.22. The number of anilines is 1. The maximum atomic E-state index is 12.0. The Kier molecular flexibility index (Phi) is 7.04. The van der Waals surface area contributed by atoms with Crippen LogP contribution in [0.2, 0.25) is 10.0 Å². The van der Waals surface area contributed by atoms with Crippen LogP contribution < -0.4 is 11.1 Å². The molecule has 7 nitrogen and oxygen atoms in total. The van der Waals surface area contributed by atoms with E-state index in [-0.39, 0.29) is 27.8 Å². The van der Waals surface area contributed by atoms with E-state index in [2.05, 4.69) is 10.1 Å². The molecule has 0 saturated heterocycles. The van der Waals surface area contributed by atoms with Crippen LogP contribution in [0.15, 0.2) is 36.4 Å². The van der Waals surface area contributed by atoms with Crippen LogP contribution in [0.3, 0.4) is 0 Å². The summed E-state index contributed by atoms with van der Waals surface area (Å²) in [6.45, 7) is -0.300. The highest BCUT2D eigenvalue weighted by Gasteiger charge is 2.16. The van der Waals surface area contributed by atoms with Gasteiger partial charge in [0.05, 0.1) is 28.9 Å². The molecule has 0 fully saturated rings. The van der Waals surface area contributed by atoms with Crippen LogP contribution in [0.5, 0.6) is 0 Å². The number of methoxy groups -OCH3 is 1. The Morgan fingerprint density at radius 3 is 2.37 bits per heavy atom. The number of amides is 1. The first kappa shape index (κ1) is 20.5. The van der Waals surface area contributed by atoms with Crippen molar-refractivity contribution in [3.05, 3.63) is 63.1 Å². The minimum Gasteiger partial charge on any atom is -0.465 e. The normalized spacial score (nSPS) is 10.2. The fourth-order valence-corrected chi connectivity index (χ4v) is 2.58. The summed E-state index contributed by atoms with van der Waals surface area (Å²) < 4.78 is 9.53. The first-order valence-corrected chi connectivity index (χ1v) is 8.43. The third-order valence-electron chi connectivity index (χ3n) is 3.51. The minimum absolute atomic E-state index is 0.0151. The average Bonchev–Trinajstić information content (AvgIpc) is 2.66. The topological polar surface area (TPSA) is 108 Å². The number of rotatable bonds is 6. The van der Waals surface area contributed by atoms with Crippen LogP contribution in [-0.2, 0) is 20.8 Å². The molecule has 0 radical (unpaired) electrons. The third kappa shape index (κ3) is 5.60. The van der Waals surface area contributed by atoms with E-state index < -0.39 is 24.5 Å². The summed E-state index contributed by atoms with van der Waals surface area (Å²) in [5.74, 6) is -1.76. The second-order valence-corrected chi connectivity index (χ2v) is 6.23. The summed E-state index contributed by atoms with van der Waals surface area (Å²) in [5, 5.41) is 2.93. The second kappa shape index (κ2) is 9.25. The Bertz CT molecular complexity index is 869. The number of benzene rings is 2. The number of halogens is 2. The highest BCUT2D eigenvalue weighted by atomic mass is 35.5. The molecular weight excluding hydrogens is 395 g/mol. The quantitative estimate of drug-likeness (QED) is 0.559. The Morgan fingerprint density at radius 2 is 1.74 bits per heavy atom. The van der Waals surface area contributed by atoms with Crippen molar-refractivity contribution >= 4 is 46.7 Å². The van der Waals surface area contributed by atoms with Crippen molar-refractivity contribution in [2.45, 2.75) is 6.54 Å². The number of carbonyl (C=O) groups excluding carboxylic acids is 3. The maximum Gasteiger partial charge on any atom is 0.340 e. The highest BCUT2D eigenvalue weighted by Crippen LogP contribution is 2.27. The number of nitrogens with two attached hydrogens (primary N) is 1. The van der Waals surface area contributed by atoms with E-state index in [9.17, 15) is 14.4 Å². The average molecular weight is 411 g/mol. The lowest BCUT2D eigenvalue weighted by molar-refractivity contribution is -0.124. The molecule has 2 aromatic rings. The molecule has 2 rings (SSSR count). The second-order valence-electron chi connectivity index (χ2n) is 5.39. The standard InChI is InChI=1S/C18H16Cl2N2O5/c1-26-17(24)11-4-2-10(3-5-11)8-22-15(23)9-27-18(25)13-6-12(19)7-14(20)16(13)21/h2-7H,8-9,21H2,1H3,(H,22,23). The molecule has 0 aromatic heterocycles. The molecule has 0 atom stereocenters. The molecule has 0 saturated carbocycles. The number of nitrogens with one attached hydrogen (secondary N) is 1. The van der Waals surface area contributed by atoms with Crippen LogP contribution >= 0.6 is 23.2 Å². The molecule has 0 heterocycles. The summed E-state index contributed by atoms with van der Waals surface area (Å²) in [6.07, 6.45) is 0. The van der Waals surface area contributed by atoms with Crippen molar-refractivity contribution in [2.24, 2.45) is 0 Å². The molecule has 0 bridgehead atoms. The smallest absolute Gasteiger partial charge is 0.340 e. The van der Waals surface area contributed by atoms with E-state index in [1.165, 1.54) is 19.2 Å². The van der Waals surface area contributed by atoms with Gasteiger partial charge >= 0.3 is 11.9 Å². The molecule has 27 heavy (non-hydrogen) atoms. The number of hydrogen-bond acceptors (Lipinski definition) is 6. The number of carbonyl (C=O) groups is 3. The molecule has 1 amide bonds. The van der Waals surface area contributed by atoms with Gasteiger partial charge in [0.25, 0.3) is 5.91 Å². The number of esters is 2. The largest absolute Gasteiger partial charge is 0.465 e. The van der Waals surface area contributed by atoms with Crippen LogP contribution in [0, 0.1) is 0 Å². The Hall–Kier alpha value is -2.77. The Balaban J connectivity index is 1.86. The van der Waals surface area contributed by atoms with Gasteiger partial charge in [0, 0.05) is 11.6 Å². The molecule has 0 aliphatic rings. The van der Waals surface area contributed by atoms with Crippen molar-refractivity contribution in [1.82, 2.24) is 5.32 Å². The van der Waals surface area contributed by atoms with E-state index in [4.69, 9.17) is 33.7 Å². The Morgan fingerprint density at radius 1 is 1.07 bits per heavy atom. The molecule has 2 aromatic carbocycles. The first-order valence-electron chi connectivity index (χ1n) is 7.67. The fraction of sp³-hybridized carbons (Fsp3) is 0.167. The molecule has 142 valence electrons. The maximum absolute atomic E-state index is 12.0. The van der Waals surface area contributed by atoms with Gasteiger partial charge in [-0.25, -0.2) is 9.59 Å². The lowest BCUT2D eigenvalue weighted by atomic mass is 10.1. The summed E-state index contributed by atoms with van der Waals surface area (Å²) in [7, 11) is 1.29. The molecule has 3 N–H and O–H groups in total. The predicted octanol–water partition coefficient (Wildman–Crippen LogP) is 2.84. The number of hydrogen-bond donors (Lipinski definition) is 2. The van der Waals surface area contributed by atoms with Crippen LogP contribution in [0.4, 0.5) is 5.69 Å². The fourth-order valence-electron chi connectivity index (χ4n) is 2.09. The van der Waals surface area contributed by atoms with Crippen molar-refractivity contribution < 1.29 is 23.9 Å². The van der Waals surface area contributed by atoms with Crippen LogP contribution in [0.1, 0.15) is 26.3 Å². The van der Waals surface area contributed by atoms with Crippen molar-refractivity contribution in [2.75, 3.05) is 19.5 Å². The van der Waals surface area contributed by atoms with Gasteiger partial charge in [-0.15, -0.1) is 0 Å². The molecule has 0 spiro atoms. The van der Waals surface area contributed by atoms with E-state index >= 15 is 0 Å². The van der Waals surface area contributed by atoms with Crippen LogP contribution in [0.25, 0.3) is 0 Å². The zero-order valence-electron chi connectivity index (χ0n) is 14.3. The van der Waals surface area contributed by atoms with E-state index in [0.29, 0.717) is 5.56 Å². The van der Waals surface area contributed by atoms with Gasteiger partial charge in [-0.05, 0) is 29.8 Å². The van der Waals surface area contributed by atoms with E-state index in [0.717, 1.165) is 5.56 Å². The summed E-state index contributed by atoms with van der Waals surface area (Å²) in [4.78, 5) is 35.2. The lowest BCUT2D eigenvalue weighted by Crippen LogP contribution is -2.28. The first-order chi connectivity index (χ1) is 12.8. The summed E-state index contributed by atoms with van der Waals surface area (Å²) in [5.41, 5.74) is 6.88.